The van der Waals surface area contributed by atoms with Gasteiger partial charge in [-0.2, -0.15) is 0 Å². The van der Waals surface area contributed by atoms with Crippen LogP contribution in [-0.4, -0.2) is 33.1 Å². The van der Waals surface area contributed by atoms with Gasteiger partial charge in [0.05, 0.1) is 5.75 Å². The van der Waals surface area contributed by atoms with E-state index in [0.29, 0.717) is 22.6 Å². The van der Waals surface area contributed by atoms with Gasteiger partial charge in [-0.3, -0.25) is 4.79 Å². The second-order valence-corrected chi connectivity index (χ2v) is 7.98. The number of thioether (sulfide) groups is 1. The molecule has 28 heavy (non-hydrogen) atoms. The van der Waals surface area contributed by atoms with Gasteiger partial charge in [0, 0.05) is 34.6 Å². The highest BCUT2D eigenvalue weighted by atomic mass is 32.2. The molecule has 8 heteroatoms. The van der Waals surface area contributed by atoms with Crippen molar-refractivity contribution >= 4 is 17.5 Å². The van der Waals surface area contributed by atoms with Crippen LogP contribution in [0.4, 0.5) is 0 Å². The van der Waals surface area contributed by atoms with Crippen LogP contribution in [0.15, 0.2) is 33.9 Å². The van der Waals surface area contributed by atoms with E-state index in [4.69, 9.17) is 13.9 Å². The number of rotatable bonds is 6. The number of ether oxygens (including phenoxy) is 2. The predicted molar refractivity (Wildman–Crippen MR) is 103 cm³/mol. The summed E-state index contributed by atoms with van der Waals surface area (Å²) in [4.78, 5) is 12.8. The minimum Gasteiger partial charge on any atom is -0.454 e. The summed E-state index contributed by atoms with van der Waals surface area (Å²) in [7, 11) is 0. The van der Waals surface area contributed by atoms with Gasteiger partial charge >= 0.3 is 0 Å². The molecule has 1 saturated carbocycles. The minimum absolute atomic E-state index is 0.0382. The van der Waals surface area contributed by atoms with Gasteiger partial charge in [-0.1, -0.05) is 11.8 Å². The molecule has 0 unspecified atom stereocenters. The lowest BCUT2D eigenvalue weighted by atomic mass is 10.2. The van der Waals surface area contributed by atoms with E-state index in [9.17, 15) is 4.79 Å². The SMILES string of the molecule is Cc1cc(C(=O)CSc2nnc(C3CC3)o2)c(C)n1-c1ccc2c(c1)OCO2. The number of hydrogen-bond donors (Lipinski definition) is 0. The van der Waals surface area contributed by atoms with Crippen LogP contribution < -0.4 is 9.47 Å². The molecular formula is C20H19N3O4S. The molecule has 7 nitrogen and oxygen atoms in total. The van der Waals surface area contributed by atoms with E-state index >= 15 is 0 Å². The number of aromatic nitrogens is 3. The summed E-state index contributed by atoms with van der Waals surface area (Å²) in [6.45, 7) is 4.18. The van der Waals surface area contributed by atoms with Crippen molar-refractivity contribution in [2.24, 2.45) is 0 Å². The molecule has 3 aromatic rings. The lowest BCUT2D eigenvalue weighted by Crippen LogP contribution is -2.05. The molecule has 1 fully saturated rings. The van der Waals surface area contributed by atoms with Crippen LogP contribution in [-0.2, 0) is 0 Å². The van der Waals surface area contributed by atoms with E-state index in [1.165, 1.54) is 11.8 Å². The average molecular weight is 397 g/mol. The van der Waals surface area contributed by atoms with E-state index in [1.807, 2.05) is 38.1 Å². The normalized spacial score (nSPS) is 15.2. The van der Waals surface area contributed by atoms with E-state index in [-0.39, 0.29) is 18.3 Å². The standard InChI is InChI=1S/C20H19N3O4S/c1-11-7-15(16(24)9-28-20-22-21-19(27-20)13-3-4-13)12(2)23(11)14-5-6-17-18(8-14)26-10-25-17/h5-8,13H,3-4,9-10H2,1-2H3. The number of aryl methyl sites for hydroxylation is 1. The van der Waals surface area contributed by atoms with Crippen LogP contribution in [0.25, 0.3) is 5.69 Å². The predicted octanol–water partition coefficient (Wildman–Crippen LogP) is 4.06. The molecule has 0 bridgehead atoms. The third-order valence-electron chi connectivity index (χ3n) is 5.02. The number of hydrogen-bond acceptors (Lipinski definition) is 7. The molecule has 2 aliphatic rings. The molecular weight excluding hydrogens is 378 g/mol. The second kappa shape index (κ2) is 6.70. The van der Waals surface area contributed by atoms with Crippen molar-refractivity contribution in [1.29, 1.82) is 0 Å². The highest BCUT2D eigenvalue weighted by Crippen LogP contribution is 2.40. The summed E-state index contributed by atoms with van der Waals surface area (Å²) in [5.41, 5.74) is 3.52. The molecule has 0 atom stereocenters. The Hall–Kier alpha value is -2.74. The van der Waals surface area contributed by atoms with E-state index in [2.05, 4.69) is 14.8 Å². The summed E-state index contributed by atoms with van der Waals surface area (Å²) in [6.07, 6.45) is 2.22. The Morgan fingerprint density at radius 2 is 2.00 bits per heavy atom. The van der Waals surface area contributed by atoms with Crippen molar-refractivity contribution in [2.75, 3.05) is 12.5 Å². The first-order valence-electron chi connectivity index (χ1n) is 9.18. The van der Waals surface area contributed by atoms with Gasteiger partial charge in [0.2, 0.25) is 12.7 Å². The Bertz CT molecular complexity index is 1070. The monoisotopic (exact) mass is 397 g/mol. The highest BCUT2D eigenvalue weighted by molar-refractivity contribution is 7.99. The van der Waals surface area contributed by atoms with Crippen molar-refractivity contribution in [3.8, 4) is 17.2 Å². The van der Waals surface area contributed by atoms with Crippen molar-refractivity contribution in [1.82, 2.24) is 14.8 Å². The number of Topliss-reactive ketones (excluding diaryl/α,β-unsaturated/α-hetero) is 1. The number of fused-ring (bicyclic) bond motifs is 1. The lowest BCUT2D eigenvalue weighted by Gasteiger charge is -2.10. The maximum Gasteiger partial charge on any atom is 0.277 e. The molecule has 0 amide bonds. The van der Waals surface area contributed by atoms with Crippen molar-refractivity contribution in [3.05, 3.63) is 47.1 Å². The fourth-order valence-electron chi connectivity index (χ4n) is 3.45. The largest absolute Gasteiger partial charge is 0.454 e. The molecule has 3 heterocycles. The van der Waals surface area contributed by atoms with Gasteiger partial charge in [0.15, 0.2) is 17.3 Å². The molecule has 0 radical (unpaired) electrons. The second-order valence-electron chi connectivity index (χ2n) is 7.05. The summed E-state index contributed by atoms with van der Waals surface area (Å²) in [5, 5.41) is 8.55. The molecule has 144 valence electrons. The Morgan fingerprint density at radius 3 is 2.82 bits per heavy atom. The van der Waals surface area contributed by atoms with Crippen molar-refractivity contribution < 1.29 is 18.7 Å². The number of carbonyl (C=O) groups is 1. The third-order valence-corrected chi connectivity index (χ3v) is 5.84. The van der Waals surface area contributed by atoms with Gasteiger partial charge in [0.25, 0.3) is 5.22 Å². The van der Waals surface area contributed by atoms with Gasteiger partial charge in [-0.15, -0.1) is 10.2 Å². The van der Waals surface area contributed by atoms with E-state index in [0.717, 1.165) is 41.4 Å². The van der Waals surface area contributed by atoms with E-state index < -0.39 is 0 Å². The van der Waals surface area contributed by atoms with Crippen LogP contribution in [0.2, 0.25) is 0 Å². The first kappa shape index (κ1) is 17.4. The van der Waals surface area contributed by atoms with Crippen LogP contribution in [0.5, 0.6) is 11.5 Å². The highest BCUT2D eigenvalue weighted by Gasteiger charge is 2.29. The molecule has 1 aliphatic carbocycles. The quantitative estimate of drug-likeness (QED) is 0.458. The van der Waals surface area contributed by atoms with E-state index in [1.54, 1.807) is 0 Å². The molecule has 0 saturated heterocycles. The van der Waals surface area contributed by atoms with Crippen LogP contribution in [0.1, 0.15) is 46.4 Å². The lowest BCUT2D eigenvalue weighted by molar-refractivity contribution is 0.102. The van der Waals surface area contributed by atoms with Crippen LogP contribution in [0, 0.1) is 13.8 Å². The third kappa shape index (κ3) is 3.07. The number of ketones is 1. The zero-order valence-corrected chi connectivity index (χ0v) is 16.4. The summed E-state index contributed by atoms with van der Waals surface area (Å²) >= 11 is 1.29. The molecule has 0 spiro atoms. The van der Waals surface area contributed by atoms with Gasteiger partial charge in [-0.25, -0.2) is 0 Å². The zero-order valence-electron chi connectivity index (χ0n) is 15.6. The van der Waals surface area contributed by atoms with Gasteiger partial charge in [0.1, 0.15) is 0 Å². The Kier molecular flexibility index (Phi) is 4.16. The summed E-state index contributed by atoms with van der Waals surface area (Å²) < 4.78 is 18.5. The minimum atomic E-state index is 0.0382. The fourth-order valence-corrected chi connectivity index (χ4v) is 4.10. The molecule has 1 aliphatic heterocycles. The van der Waals surface area contributed by atoms with Crippen LogP contribution in [0.3, 0.4) is 0 Å². The van der Waals surface area contributed by atoms with Gasteiger partial charge < -0.3 is 18.5 Å². The number of carbonyl (C=O) groups excluding carboxylic acids is 1. The summed E-state index contributed by atoms with van der Waals surface area (Å²) in [5.74, 6) is 2.86. The Labute approximate surface area is 166 Å². The fraction of sp³-hybridized carbons (Fsp3) is 0.350. The molecule has 5 rings (SSSR count). The van der Waals surface area contributed by atoms with Gasteiger partial charge in [-0.05, 0) is 44.9 Å². The van der Waals surface area contributed by atoms with Crippen molar-refractivity contribution in [2.45, 2.75) is 37.8 Å². The maximum absolute atomic E-state index is 12.8. The number of benzene rings is 1. The molecule has 2 aromatic heterocycles. The first-order chi connectivity index (χ1) is 13.6. The Morgan fingerprint density at radius 1 is 1.18 bits per heavy atom. The molecule has 1 aromatic carbocycles. The maximum atomic E-state index is 12.8. The zero-order chi connectivity index (χ0) is 19.3. The van der Waals surface area contributed by atoms with Crippen molar-refractivity contribution in [3.63, 3.8) is 0 Å². The smallest absolute Gasteiger partial charge is 0.277 e. The average Bonchev–Trinajstić information content (AvgIpc) is 3.12. The first-order valence-corrected chi connectivity index (χ1v) is 10.2. The topological polar surface area (TPSA) is 79.4 Å². The Balaban J connectivity index is 1.35. The molecule has 0 N–H and O–H groups in total. The number of nitrogens with zero attached hydrogens (tertiary/aromatic N) is 3. The summed E-state index contributed by atoms with van der Waals surface area (Å²) in [6, 6.07) is 7.71. The van der Waals surface area contributed by atoms with Crippen LogP contribution >= 0.6 is 11.8 Å².